The Labute approximate surface area is 125 Å². The maximum Gasteiger partial charge on any atom is 0.103 e. The van der Waals surface area contributed by atoms with E-state index in [0.717, 1.165) is 56.6 Å². The van der Waals surface area contributed by atoms with Crippen molar-refractivity contribution in [1.29, 1.82) is 0 Å². The molecule has 1 aromatic heterocycles. The van der Waals surface area contributed by atoms with Crippen LogP contribution in [0.25, 0.3) is 0 Å². The molecule has 0 saturated carbocycles. The van der Waals surface area contributed by atoms with E-state index in [1.54, 1.807) is 0 Å². The number of aryl methyl sites for hydroxylation is 1. The highest BCUT2D eigenvalue weighted by Gasteiger charge is 2.10. The van der Waals surface area contributed by atoms with E-state index in [1.165, 1.54) is 5.56 Å². The Morgan fingerprint density at radius 2 is 2.00 bits per heavy atom. The van der Waals surface area contributed by atoms with E-state index in [2.05, 4.69) is 44.5 Å². The summed E-state index contributed by atoms with van der Waals surface area (Å²) in [5.41, 5.74) is 3.58. The van der Waals surface area contributed by atoms with Crippen molar-refractivity contribution in [2.45, 2.75) is 20.0 Å². The van der Waals surface area contributed by atoms with Crippen molar-refractivity contribution in [3.63, 3.8) is 0 Å². The first-order valence-electron chi connectivity index (χ1n) is 7.43. The zero-order valence-corrected chi connectivity index (χ0v) is 12.4. The van der Waals surface area contributed by atoms with E-state index in [4.69, 9.17) is 4.74 Å². The first kappa shape index (κ1) is 14.1. The van der Waals surface area contributed by atoms with Crippen LogP contribution in [0, 0.1) is 6.92 Å². The fourth-order valence-corrected chi connectivity index (χ4v) is 2.50. The molecule has 112 valence electrons. The Bertz CT molecular complexity index is 558. The molecule has 2 aromatic rings. The van der Waals surface area contributed by atoms with Gasteiger partial charge in [0.1, 0.15) is 5.82 Å². The molecule has 1 saturated heterocycles. The number of anilines is 1. The van der Waals surface area contributed by atoms with Crippen molar-refractivity contribution in [2.24, 2.45) is 0 Å². The monoisotopic (exact) mass is 286 g/mol. The number of ether oxygens (including phenoxy) is 1. The molecule has 2 heterocycles. The second kappa shape index (κ2) is 6.74. The molecule has 0 bridgehead atoms. The Morgan fingerprint density at radius 3 is 2.67 bits per heavy atom. The van der Waals surface area contributed by atoms with Crippen molar-refractivity contribution in [2.75, 3.05) is 31.6 Å². The van der Waals surface area contributed by atoms with Crippen LogP contribution < -0.4 is 5.32 Å². The largest absolute Gasteiger partial charge is 0.379 e. The van der Waals surface area contributed by atoms with Crippen LogP contribution in [0.3, 0.4) is 0 Å². The number of nitrogens with one attached hydrogen (secondary N) is 2. The second-order valence-corrected chi connectivity index (χ2v) is 5.43. The lowest BCUT2D eigenvalue weighted by molar-refractivity contribution is 0.0342. The molecule has 5 heteroatoms. The summed E-state index contributed by atoms with van der Waals surface area (Å²) in [5.74, 6) is 0.952. The lowest BCUT2D eigenvalue weighted by Crippen LogP contribution is -2.35. The number of benzene rings is 1. The minimum atomic E-state index is 0.768. The molecule has 0 radical (unpaired) electrons. The van der Waals surface area contributed by atoms with Gasteiger partial charge >= 0.3 is 0 Å². The number of H-pyrrole nitrogens is 1. The van der Waals surface area contributed by atoms with E-state index in [9.17, 15) is 0 Å². The minimum absolute atomic E-state index is 0.768. The molecule has 3 rings (SSSR count). The van der Waals surface area contributed by atoms with Crippen LogP contribution in [0.2, 0.25) is 0 Å². The van der Waals surface area contributed by atoms with Gasteiger partial charge in [-0.3, -0.25) is 4.90 Å². The minimum Gasteiger partial charge on any atom is -0.379 e. The molecular weight excluding hydrogens is 264 g/mol. The molecule has 21 heavy (non-hydrogen) atoms. The van der Waals surface area contributed by atoms with Crippen LogP contribution in [-0.4, -0.2) is 41.2 Å². The van der Waals surface area contributed by atoms with Crippen molar-refractivity contribution in [3.8, 4) is 0 Å². The predicted octanol–water partition coefficient (Wildman–Crippen LogP) is 2.16. The molecule has 1 aliphatic rings. The average molecular weight is 286 g/mol. The first-order valence-corrected chi connectivity index (χ1v) is 7.43. The van der Waals surface area contributed by atoms with Crippen LogP contribution >= 0.6 is 0 Å². The van der Waals surface area contributed by atoms with Gasteiger partial charge in [0, 0.05) is 25.3 Å². The maximum absolute atomic E-state index is 5.37. The van der Waals surface area contributed by atoms with Crippen LogP contribution in [0.4, 0.5) is 5.69 Å². The fraction of sp³-hybridized carbons (Fsp3) is 0.438. The van der Waals surface area contributed by atoms with E-state index in [1.807, 2.05) is 13.1 Å². The lowest BCUT2D eigenvalue weighted by Gasteiger charge is -2.26. The fourth-order valence-electron chi connectivity index (χ4n) is 2.50. The Balaban J connectivity index is 1.51. The highest BCUT2D eigenvalue weighted by atomic mass is 16.5. The van der Waals surface area contributed by atoms with E-state index in [0.29, 0.717) is 0 Å². The van der Waals surface area contributed by atoms with Gasteiger partial charge < -0.3 is 15.0 Å². The van der Waals surface area contributed by atoms with Crippen LogP contribution in [-0.2, 0) is 17.8 Å². The van der Waals surface area contributed by atoms with Crippen molar-refractivity contribution in [3.05, 3.63) is 47.5 Å². The number of imidazole rings is 1. The second-order valence-electron chi connectivity index (χ2n) is 5.43. The van der Waals surface area contributed by atoms with Crippen molar-refractivity contribution >= 4 is 5.69 Å². The molecule has 5 nitrogen and oxygen atoms in total. The molecule has 2 N–H and O–H groups in total. The van der Waals surface area contributed by atoms with Gasteiger partial charge in [-0.25, -0.2) is 4.98 Å². The number of aromatic amines is 1. The van der Waals surface area contributed by atoms with Crippen LogP contribution in [0.15, 0.2) is 30.5 Å². The van der Waals surface area contributed by atoms with E-state index >= 15 is 0 Å². The number of aromatic nitrogens is 2. The summed E-state index contributed by atoms with van der Waals surface area (Å²) in [5, 5.41) is 3.40. The lowest BCUT2D eigenvalue weighted by atomic mass is 10.2. The first-order chi connectivity index (χ1) is 10.3. The van der Waals surface area contributed by atoms with E-state index < -0.39 is 0 Å². The van der Waals surface area contributed by atoms with Gasteiger partial charge in [-0.15, -0.1) is 0 Å². The quantitative estimate of drug-likeness (QED) is 0.884. The Hall–Kier alpha value is -1.85. The maximum atomic E-state index is 5.37. The Morgan fingerprint density at radius 1 is 1.24 bits per heavy atom. The molecule has 0 atom stereocenters. The van der Waals surface area contributed by atoms with Gasteiger partial charge in [-0.05, 0) is 24.6 Å². The summed E-state index contributed by atoms with van der Waals surface area (Å²) in [6.45, 7) is 7.49. The van der Waals surface area contributed by atoms with Crippen molar-refractivity contribution in [1.82, 2.24) is 14.9 Å². The summed E-state index contributed by atoms with van der Waals surface area (Å²) in [6, 6.07) is 8.66. The van der Waals surface area contributed by atoms with Gasteiger partial charge in [0.2, 0.25) is 0 Å². The number of nitrogens with zero attached hydrogens (tertiary/aromatic N) is 2. The summed E-state index contributed by atoms with van der Waals surface area (Å²) in [6.07, 6.45) is 1.87. The molecule has 1 aliphatic heterocycles. The summed E-state index contributed by atoms with van der Waals surface area (Å²) in [4.78, 5) is 9.85. The summed E-state index contributed by atoms with van der Waals surface area (Å²) < 4.78 is 5.37. The number of hydrogen-bond donors (Lipinski definition) is 2. The third-order valence-electron chi connectivity index (χ3n) is 3.70. The zero-order chi connectivity index (χ0) is 14.5. The van der Waals surface area contributed by atoms with Gasteiger partial charge in [0.05, 0.1) is 31.6 Å². The third kappa shape index (κ3) is 4.06. The molecule has 0 unspecified atom stereocenters. The SMILES string of the molecule is Cc1ncc(CNc2ccc(CN3CCOCC3)cc2)[nH]1. The molecule has 1 aromatic carbocycles. The molecule has 0 amide bonds. The molecule has 0 spiro atoms. The standard InChI is InChI=1S/C16H22N4O/c1-13-17-10-16(19-13)11-18-15-4-2-14(3-5-15)12-20-6-8-21-9-7-20/h2-5,10,18H,6-9,11-12H2,1H3,(H,17,19). The highest BCUT2D eigenvalue weighted by Crippen LogP contribution is 2.13. The smallest absolute Gasteiger partial charge is 0.103 e. The summed E-state index contributed by atoms with van der Waals surface area (Å²) >= 11 is 0. The number of hydrogen-bond acceptors (Lipinski definition) is 4. The van der Waals surface area contributed by atoms with Crippen LogP contribution in [0.1, 0.15) is 17.1 Å². The van der Waals surface area contributed by atoms with Crippen LogP contribution in [0.5, 0.6) is 0 Å². The summed E-state index contributed by atoms with van der Waals surface area (Å²) in [7, 11) is 0. The molecule has 1 fully saturated rings. The Kier molecular flexibility index (Phi) is 4.52. The topological polar surface area (TPSA) is 53.2 Å². The van der Waals surface area contributed by atoms with Gasteiger partial charge in [-0.2, -0.15) is 0 Å². The highest BCUT2D eigenvalue weighted by molar-refractivity contribution is 5.44. The van der Waals surface area contributed by atoms with Crippen molar-refractivity contribution < 1.29 is 4.74 Å². The average Bonchev–Trinajstić information content (AvgIpc) is 2.93. The van der Waals surface area contributed by atoms with Gasteiger partial charge in [0.25, 0.3) is 0 Å². The van der Waals surface area contributed by atoms with E-state index in [-0.39, 0.29) is 0 Å². The number of rotatable bonds is 5. The zero-order valence-electron chi connectivity index (χ0n) is 12.4. The normalized spacial score (nSPS) is 16.0. The molecule has 0 aliphatic carbocycles. The third-order valence-corrected chi connectivity index (χ3v) is 3.70. The number of morpholine rings is 1. The van der Waals surface area contributed by atoms with Gasteiger partial charge in [-0.1, -0.05) is 12.1 Å². The van der Waals surface area contributed by atoms with Gasteiger partial charge in [0.15, 0.2) is 0 Å². The molecular formula is C16H22N4O. The predicted molar refractivity (Wildman–Crippen MR) is 83.2 cm³/mol.